The first kappa shape index (κ1) is 16.9. The zero-order valence-corrected chi connectivity index (χ0v) is 12.5. The van der Waals surface area contributed by atoms with Gasteiger partial charge in [-0.25, -0.2) is 4.98 Å². The van der Waals surface area contributed by atoms with E-state index in [9.17, 15) is 14.7 Å². The highest BCUT2D eigenvalue weighted by molar-refractivity contribution is 5.95. The van der Waals surface area contributed by atoms with Gasteiger partial charge < -0.3 is 20.3 Å². The molecule has 7 heteroatoms. The number of nitrogens with zero attached hydrogens (tertiary/aromatic N) is 1. The standard InChI is InChI=1S/C14H20N2O5/c1-14(2,3)21-13(19)10(12(17)18)11(15)8-5-6-9(20-4)16-7-8/h5-7,10-11H,15H2,1-4H3,(H,17,18)/t10-,11?/m1/s1. The molecule has 1 aromatic rings. The normalized spacial score (nSPS) is 14.1. The van der Waals surface area contributed by atoms with E-state index in [0.29, 0.717) is 11.4 Å². The second-order valence-electron chi connectivity index (χ2n) is 5.51. The Bertz CT molecular complexity index is 507. The molecule has 0 saturated heterocycles. The number of ether oxygens (including phenoxy) is 2. The Kier molecular flexibility index (Phi) is 5.26. The summed E-state index contributed by atoms with van der Waals surface area (Å²) in [6.07, 6.45) is 1.38. The van der Waals surface area contributed by atoms with Crippen LogP contribution in [-0.2, 0) is 14.3 Å². The van der Waals surface area contributed by atoms with Crippen molar-refractivity contribution in [2.75, 3.05) is 7.11 Å². The molecule has 7 nitrogen and oxygen atoms in total. The fourth-order valence-corrected chi connectivity index (χ4v) is 1.67. The van der Waals surface area contributed by atoms with Gasteiger partial charge >= 0.3 is 11.9 Å². The first-order valence-corrected chi connectivity index (χ1v) is 6.37. The number of carbonyl (C=O) groups is 2. The van der Waals surface area contributed by atoms with Gasteiger partial charge in [-0.15, -0.1) is 0 Å². The van der Waals surface area contributed by atoms with E-state index in [2.05, 4.69) is 4.98 Å². The molecule has 1 unspecified atom stereocenters. The number of aromatic nitrogens is 1. The van der Waals surface area contributed by atoms with Gasteiger partial charge in [-0.1, -0.05) is 6.07 Å². The van der Waals surface area contributed by atoms with Crippen molar-refractivity contribution in [2.45, 2.75) is 32.4 Å². The highest BCUT2D eigenvalue weighted by Crippen LogP contribution is 2.24. The summed E-state index contributed by atoms with van der Waals surface area (Å²) in [6, 6.07) is 2.05. The quantitative estimate of drug-likeness (QED) is 0.618. The number of esters is 1. The average molecular weight is 296 g/mol. The van der Waals surface area contributed by atoms with Crippen LogP contribution in [-0.4, -0.2) is 34.7 Å². The minimum Gasteiger partial charge on any atom is -0.481 e. The number of carboxylic acid groups (broad SMARTS) is 1. The molecule has 1 rings (SSSR count). The molecule has 1 heterocycles. The van der Waals surface area contributed by atoms with Gasteiger partial charge in [-0.3, -0.25) is 9.59 Å². The first-order valence-electron chi connectivity index (χ1n) is 6.37. The molecule has 0 radical (unpaired) electrons. The minimum absolute atomic E-state index is 0.370. The van der Waals surface area contributed by atoms with Crippen molar-refractivity contribution in [3.8, 4) is 5.88 Å². The Morgan fingerprint density at radius 3 is 2.33 bits per heavy atom. The van der Waals surface area contributed by atoms with Crippen LogP contribution >= 0.6 is 0 Å². The van der Waals surface area contributed by atoms with E-state index < -0.39 is 29.5 Å². The predicted octanol–water partition coefficient (Wildman–Crippen LogP) is 1.13. The van der Waals surface area contributed by atoms with Crippen LogP contribution in [0, 0.1) is 5.92 Å². The topological polar surface area (TPSA) is 112 Å². The number of carbonyl (C=O) groups excluding carboxylic acids is 1. The van der Waals surface area contributed by atoms with Gasteiger partial charge in [0.1, 0.15) is 5.60 Å². The van der Waals surface area contributed by atoms with Gasteiger partial charge in [0.2, 0.25) is 5.88 Å². The van der Waals surface area contributed by atoms with Crippen molar-refractivity contribution >= 4 is 11.9 Å². The van der Waals surface area contributed by atoms with Crippen molar-refractivity contribution < 1.29 is 24.2 Å². The molecule has 21 heavy (non-hydrogen) atoms. The highest BCUT2D eigenvalue weighted by Gasteiger charge is 2.37. The highest BCUT2D eigenvalue weighted by atomic mass is 16.6. The Labute approximate surface area is 123 Å². The molecule has 0 fully saturated rings. The predicted molar refractivity (Wildman–Crippen MR) is 74.7 cm³/mol. The van der Waals surface area contributed by atoms with E-state index in [-0.39, 0.29) is 0 Å². The second kappa shape index (κ2) is 6.53. The number of rotatable bonds is 5. The maximum Gasteiger partial charge on any atom is 0.322 e. The first-order chi connectivity index (χ1) is 9.65. The third-order valence-corrected chi connectivity index (χ3v) is 2.64. The fraction of sp³-hybridized carbons (Fsp3) is 0.500. The summed E-state index contributed by atoms with van der Waals surface area (Å²) in [6.45, 7) is 4.97. The Morgan fingerprint density at radius 1 is 1.33 bits per heavy atom. The van der Waals surface area contributed by atoms with Crippen LogP contribution in [0.1, 0.15) is 32.4 Å². The van der Waals surface area contributed by atoms with Crippen LogP contribution in [0.5, 0.6) is 5.88 Å². The molecule has 0 saturated carbocycles. The lowest BCUT2D eigenvalue weighted by Gasteiger charge is -2.25. The SMILES string of the molecule is COc1ccc(C(N)[C@H](C(=O)O)C(=O)OC(C)(C)C)cn1. The smallest absolute Gasteiger partial charge is 0.322 e. The van der Waals surface area contributed by atoms with Crippen LogP contribution < -0.4 is 10.5 Å². The molecule has 0 aliphatic carbocycles. The van der Waals surface area contributed by atoms with Gasteiger partial charge in [0, 0.05) is 12.3 Å². The molecule has 1 aromatic heterocycles. The maximum absolute atomic E-state index is 12.0. The zero-order valence-electron chi connectivity index (χ0n) is 12.5. The van der Waals surface area contributed by atoms with E-state index in [1.165, 1.54) is 13.3 Å². The number of pyridine rings is 1. The van der Waals surface area contributed by atoms with Crippen molar-refractivity contribution in [2.24, 2.45) is 11.7 Å². The summed E-state index contributed by atoms with van der Waals surface area (Å²) < 4.78 is 10.0. The number of nitrogens with two attached hydrogens (primary N) is 1. The van der Waals surface area contributed by atoms with Gasteiger partial charge in [0.15, 0.2) is 5.92 Å². The van der Waals surface area contributed by atoms with E-state index >= 15 is 0 Å². The van der Waals surface area contributed by atoms with Gasteiger partial charge in [0.25, 0.3) is 0 Å². The van der Waals surface area contributed by atoms with Crippen LogP contribution in [0.15, 0.2) is 18.3 Å². The number of carboxylic acids is 1. The van der Waals surface area contributed by atoms with Gasteiger partial charge in [0.05, 0.1) is 13.2 Å². The summed E-state index contributed by atoms with van der Waals surface area (Å²) in [5.74, 6) is -3.35. The van der Waals surface area contributed by atoms with Crippen molar-refractivity contribution in [3.63, 3.8) is 0 Å². The lowest BCUT2D eigenvalue weighted by Crippen LogP contribution is -2.39. The van der Waals surface area contributed by atoms with Crippen LogP contribution in [0.4, 0.5) is 0 Å². The summed E-state index contributed by atoms with van der Waals surface area (Å²) >= 11 is 0. The number of hydrogen-bond acceptors (Lipinski definition) is 6. The van der Waals surface area contributed by atoms with Crippen molar-refractivity contribution in [1.29, 1.82) is 0 Å². The van der Waals surface area contributed by atoms with Crippen LogP contribution in [0.25, 0.3) is 0 Å². The van der Waals surface area contributed by atoms with Gasteiger partial charge in [-0.05, 0) is 26.3 Å². The monoisotopic (exact) mass is 296 g/mol. The molecule has 3 N–H and O–H groups in total. The summed E-state index contributed by atoms with van der Waals surface area (Å²) in [5.41, 5.74) is 5.51. The Hall–Kier alpha value is -2.15. The van der Waals surface area contributed by atoms with E-state index in [0.717, 1.165) is 0 Å². The number of aliphatic carboxylic acids is 1. The van der Waals surface area contributed by atoms with E-state index in [1.807, 2.05) is 0 Å². The third kappa shape index (κ3) is 4.71. The van der Waals surface area contributed by atoms with Crippen molar-refractivity contribution in [3.05, 3.63) is 23.9 Å². The summed E-state index contributed by atoms with van der Waals surface area (Å²) in [5, 5.41) is 9.25. The average Bonchev–Trinajstić information content (AvgIpc) is 2.36. The van der Waals surface area contributed by atoms with Crippen LogP contribution in [0.2, 0.25) is 0 Å². The second-order valence-corrected chi connectivity index (χ2v) is 5.51. The number of hydrogen-bond donors (Lipinski definition) is 2. The molecule has 0 spiro atoms. The molecule has 0 aliphatic heterocycles. The largest absolute Gasteiger partial charge is 0.481 e. The Balaban J connectivity index is 2.98. The molecule has 0 bridgehead atoms. The molecule has 116 valence electrons. The Morgan fingerprint density at radius 2 is 1.95 bits per heavy atom. The molecular formula is C14H20N2O5. The number of methoxy groups -OCH3 is 1. The summed E-state index contributed by atoms with van der Waals surface area (Å²) in [7, 11) is 1.46. The molecule has 2 atom stereocenters. The molecule has 0 aliphatic rings. The summed E-state index contributed by atoms with van der Waals surface area (Å²) in [4.78, 5) is 27.3. The van der Waals surface area contributed by atoms with Crippen LogP contribution in [0.3, 0.4) is 0 Å². The lowest BCUT2D eigenvalue weighted by molar-refractivity contribution is -0.167. The third-order valence-electron chi connectivity index (χ3n) is 2.64. The minimum atomic E-state index is -1.50. The van der Waals surface area contributed by atoms with Crippen molar-refractivity contribution in [1.82, 2.24) is 4.98 Å². The van der Waals surface area contributed by atoms with Gasteiger partial charge in [-0.2, -0.15) is 0 Å². The molecular weight excluding hydrogens is 276 g/mol. The zero-order chi connectivity index (χ0) is 16.2. The molecule has 0 aromatic carbocycles. The fourth-order valence-electron chi connectivity index (χ4n) is 1.67. The maximum atomic E-state index is 12.0. The lowest BCUT2D eigenvalue weighted by atomic mass is 9.94. The van der Waals surface area contributed by atoms with E-state index in [1.54, 1.807) is 32.9 Å². The van der Waals surface area contributed by atoms with E-state index in [4.69, 9.17) is 15.2 Å². The molecule has 0 amide bonds.